The molecular weight excluding hydrogens is 334 g/mol. The highest BCUT2D eigenvalue weighted by Gasteiger charge is 2.15. The summed E-state index contributed by atoms with van der Waals surface area (Å²) in [7, 11) is 0. The van der Waals surface area contributed by atoms with Crippen LogP contribution in [0.3, 0.4) is 0 Å². The first-order valence-electron chi connectivity index (χ1n) is 7.91. The molecule has 0 saturated heterocycles. The molecule has 0 bridgehead atoms. The van der Waals surface area contributed by atoms with Crippen LogP contribution in [-0.2, 0) is 11.3 Å². The van der Waals surface area contributed by atoms with Gasteiger partial charge in [0.05, 0.1) is 11.6 Å². The maximum atomic E-state index is 12.2. The molecule has 0 aliphatic carbocycles. The Bertz CT molecular complexity index is 1130. The number of nitrogens with zero attached hydrogens (tertiary/aromatic N) is 1. The summed E-state index contributed by atoms with van der Waals surface area (Å²) in [5.41, 5.74) is 0.897. The summed E-state index contributed by atoms with van der Waals surface area (Å²) in [6.45, 7) is -0.164. The molecule has 2 aromatic carbocycles. The van der Waals surface area contributed by atoms with Crippen molar-refractivity contribution in [1.29, 1.82) is 0 Å². The molecule has 4 aromatic rings. The fourth-order valence-corrected chi connectivity index (χ4v) is 2.52. The SMILES string of the molecule is O=C(OCc1ncc(-c2ccccc2)o1)c1cc(=O)c2ccccc2o1. The largest absolute Gasteiger partial charge is 0.450 e. The van der Waals surface area contributed by atoms with Gasteiger partial charge in [0.15, 0.2) is 17.8 Å². The Balaban J connectivity index is 1.49. The van der Waals surface area contributed by atoms with Gasteiger partial charge in [-0.1, -0.05) is 42.5 Å². The molecule has 0 aliphatic rings. The fourth-order valence-electron chi connectivity index (χ4n) is 2.52. The minimum atomic E-state index is -0.757. The maximum absolute atomic E-state index is 12.2. The van der Waals surface area contributed by atoms with Crippen LogP contribution < -0.4 is 5.43 Å². The van der Waals surface area contributed by atoms with Crippen molar-refractivity contribution in [3.05, 3.63) is 88.7 Å². The predicted molar refractivity (Wildman–Crippen MR) is 93.5 cm³/mol. The summed E-state index contributed by atoms with van der Waals surface area (Å²) in [4.78, 5) is 28.3. The van der Waals surface area contributed by atoms with E-state index in [9.17, 15) is 9.59 Å². The summed E-state index contributed by atoms with van der Waals surface area (Å²) in [5, 5.41) is 0.407. The molecule has 0 saturated carbocycles. The van der Waals surface area contributed by atoms with Gasteiger partial charge in [0.1, 0.15) is 5.58 Å². The fraction of sp³-hybridized carbons (Fsp3) is 0.0500. The third-order valence-electron chi connectivity index (χ3n) is 3.77. The molecule has 0 atom stereocenters. The number of rotatable bonds is 4. The molecule has 0 fully saturated rings. The summed E-state index contributed by atoms with van der Waals surface area (Å²) in [6.07, 6.45) is 1.56. The van der Waals surface area contributed by atoms with Crippen molar-refractivity contribution in [2.75, 3.05) is 0 Å². The zero-order chi connectivity index (χ0) is 17.9. The minimum Gasteiger partial charge on any atom is -0.450 e. The zero-order valence-electron chi connectivity index (χ0n) is 13.5. The summed E-state index contributed by atoms with van der Waals surface area (Å²) < 4.78 is 16.2. The van der Waals surface area contributed by atoms with Crippen LogP contribution >= 0.6 is 0 Å². The van der Waals surface area contributed by atoms with Gasteiger partial charge in [-0.05, 0) is 12.1 Å². The van der Waals surface area contributed by atoms with E-state index in [1.54, 1.807) is 30.5 Å². The highest BCUT2D eigenvalue weighted by Crippen LogP contribution is 2.20. The van der Waals surface area contributed by atoms with Crippen LogP contribution in [0.25, 0.3) is 22.3 Å². The van der Waals surface area contributed by atoms with Crippen LogP contribution in [0.1, 0.15) is 16.4 Å². The highest BCUT2D eigenvalue weighted by atomic mass is 16.6. The van der Waals surface area contributed by atoms with Crippen LogP contribution in [0.2, 0.25) is 0 Å². The van der Waals surface area contributed by atoms with Gasteiger partial charge in [0.2, 0.25) is 11.7 Å². The van der Waals surface area contributed by atoms with Gasteiger partial charge < -0.3 is 13.6 Å². The number of carbonyl (C=O) groups is 1. The van der Waals surface area contributed by atoms with E-state index in [0.717, 1.165) is 11.6 Å². The summed E-state index contributed by atoms with van der Waals surface area (Å²) in [6, 6.07) is 17.3. The molecular formula is C20H13NO5. The van der Waals surface area contributed by atoms with Gasteiger partial charge in [0.25, 0.3) is 0 Å². The zero-order valence-corrected chi connectivity index (χ0v) is 13.5. The Morgan fingerprint density at radius 3 is 2.62 bits per heavy atom. The van der Waals surface area contributed by atoms with E-state index in [1.807, 2.05) is 30.3 Å². The number of hydrogen-bond donors (Lipinski definition) is 0. The van der Waals surface area contributed by atoms with Crippen molar-refractivity contribution in [2.24, 2.45) is 0 Å². The van der Waals surface area contributed by atoms with Crippen LogP contribution in [-0.4, -0.2) is 11.0 Å². The number of esters is 1. The van der Waals surface area contributed by atoms with E-state index in [1.165, 1.54) is 0 Å². The Kier molecular flexibility index (Phi) is 4.07. The second kappa shape index (κ2) is 6.68. The quantitative estimate of drug-likeness (QED) is 0.522. The monoisotopic (exact) mass is 347 g/mol. The van der Waals surface area contributed by atoms with Crippen LogP contribution in [0, 0.1) is 0 Å². The van der Waals surface area contributed by atoms with E-state index < -0.39 is 5.97 Å². The minimum absolute atomic E-state index is 0.163. The number of oxazole rings is 1. The first-order chi connectivity index (χ1) is 12.7. The lowest BCUT2D eigenvalue weighted by Gasteiger charge is -2.03. The number of fused-ring (bicyclic) bond motifs is 1. The molecule has 0 radical (unpaired) electrons. The van der Waals surface area contributed by atoms with Gasteiger partial charge in [-0.3, -0.25) is 4.79 Å². The van der Waals surface area contributed by atoms with Gasteiger partial charge in [-0.15, -0.1) is 0 Å². The Morgan fingerprint density at radius 1 is 1.00 bits per heavy atom. The molecule has 0 amide bonds. The summed E-state index contributed by atoms with van der Waals surface area (Å²) >= 11 is 0. The number of para-hydroxylation sites is 1. The summed E-state index contributed by atoms with van der Waals surface area (Å²) in [5.74, 6) is -0.0925. The average Bonchev–Trinajstić information content (AvgIpc) is 3.16. The van der Waals surface area contributed by atoms with E-state index in [0.29, 0.717) is 16.7 Å². The van der Waals surface area contributed by atoms with Crippen LogP contribution in [0.15, 0.2) is 80.5 Å². The van der Waals surface area contributed by atoms with Gasteiger partial charge in [0, 0.05) is 11.6 Å². The average molecular weight is 347 g/mol. The third kappa shape index (κ3) is 3.12. The molecule has 6 nitrogen and oxygen atoms in total. The van der Waals surface area contributed by atoms with E-state index in [4.69, 9.17) is 13.6 Å². The van der Waals surface area contributed by atoms with E-state index >= 15 is 0 Å². The molecule has 0 unspecified atom stereocenters. The van der Waals surface area contributed by atoms with Gasteiger partial charge in [-0.2, -0.15) is 0 Å². The second-order valence-electron chi connectivity index (χ2n) is 5.53. The number of benzene rings is 2. The smallest absolute Gasteiger partial charge is 0.374 e. The van der Waals surface area contributed by atoms with Crippen LogP contribution in [0.5, 0.6) is 0 Å². The number of carbonyl (C=O) groups excluding carboxylic acids is 1. The molecule has 2 heterocycles. The van der Waals surface area contributed by atoms with Crippen molar-refractivity contribution >= 4 is 16.9 Å². The Labute approximate surface area is 147 Å². The molecule has 6 heteroatoms. The number of aromatic nitrogens is 1. The third-order valence-corrected chi connectivity index (χ3v) is 3.77. The van der Waals surface area contributed by atoms with Gasteiger partial charge in [-0.25, -0.2) is 9.78 Å². The molecule has 26 heavy (non-hydrogen) atoms. The number of hydrogen-bond acceptors (Lipinski definition) is 6. The van der Waals surface area contributed by atoms with Crippen molar-refractivity contribution < 1.29 is 18.4 Å². The molecule has 0 spiro atoms. The van der Waals surface area contributed by atoms with E-state index in [-0.39, 0.29) is 23.7 Å². The van der Waals surface area contributed by atoms with Crippen molar-refractivity contribution in [3.8, 4) is 11.3 Å². The normalized spacial score (nSPS) is 10.8. The predicted octanol–water partition coefficient (Wildman–Crippen LogP) is 3.81. The topological polar surface area (TPSA) is 82.5 Å². The maximum Gasteiger partial charge on any atom is 0.374 e. The molecule has 0 N–H and O–H groups in total. The second-order valence-corrected chi connectivity index (χ2v) is 5.53. The lowest BCUT2D eigenvalue weighted by atomic mass is 10.2. The number of ether oxygens (including phenoxy) is 1. The molecule has 0 aliphatic heterocycles. The molecule has 4 rings (SSSR count). The van der Waals surface area contributed by atoms with Crippen molar-refractivity contribution in [1.82, 2.24) is 4.98 Å². The first kappa shape index (κ1) is 15.8. The molecule has 128 valence electrons. The van der Waals surface area contributed by atoms with E-state index in [2.05, 4.69) is 4.98 Å². The molecule has 2 aromatic heterocycles. The lowest BCUT2D eigenvalue weighted by molar-refractivity contribution is 0.0403. The first-order valence-corrected chi connectivity index (χ1v) is 7.91. The van der Waals surface area contributed by atoms with Crippen molar-refractivity contribution in [2.45, 2.75) is 6.61 Å². The lowest BCUT2D eigenvalue weighted by Crippen LogP contribution is -2.10. The van der Waals surface area contributed by atoms with Crippen molar-refractivity contribution in [3.63, 3.8) is 0 Å². The van der Waals surface area contributed by atoms with Gasteiger partial charge >= 0.3 is 5.97 Å². The standard InChI is InChI=1S/C20H13NO5/c22-15-10-17(25-16-9-5-4-8-14(15)16)20(23)24-12-19-21-11-18(26-19)13-6-2-1-3-7-13/h1-11H,12H2. The highest BCUT2D eigenvalue weighted by molar-refractivity contribution is 5.88. The van der Waals surface area contributed by atoms with Crippen LogP contribution in [0.4, 0.5) is 0 Å². The Morgan fingerprint density at radius 2 is 1.77 bits per heavy atom. The Hall–Kier alpha value is -3.67.